The van der Waals surface area contributed by atoms with E-state index in [4.69, 9.17) is 0 Å². The summed E-state index contributed by atoms with van der Waals surface area (Å²) in [5.41, 5.74) is 1.46. The van der Waals surface area contributed by atoms with Crippen molar-refractivity contribution in [3.8, 4) is 0 Å². The number of benzene rings is 2. The number of alkyl halides is 3. The van der Waals surface area contributed by atoms with E-state index in [1.807, 2.05) is 13.0 Å². The van der Waals surface area contributed by atoms with Gasteiger partial charge in [-0.2, -0.15) is 13.2 Å². The average Bonchev–Trinajstić information content (AvgIpc) is 2.48. The fraction of sp³-hybridized carbons (Fsp3) is 0.188. The highest BCUT2D eigenvalue weighted by Crippen LogP contribution is 2.29. The van der Waals surface area contributed by atoms with Gasteiger partial charge in [0, 0.05) is 24.0 Å². The number of anilines is 2. The van der Waals surface area contributed by atoms with Crippen molar-refractivity contribution in [2.75, 3.05) is 17.7 Å². The van der Waals surface area contributed by atoms with Crippen LogP contribution >= 0.6 is 0 Å². The SMILES string of the molecule is CNc1cc(NC(=O)c2cccc(C(F)(F)F)c2)ccc1C. The Hall–Kier alpha value is -2.50. The molecule has 0 fully saturated rings. The summed E-state index contributed by atoms with van der Waals surface area (Å²) in [5.74, 6) is -0.586. The van der Waals surface area contributed by atoms with Crippen molar-refractivity contribution in [1.82, 2.24) is 0 Å². The lowest BCUT2D eigenvalue weighted by molar-refractivity contribution is -0.137. The number of amides is 1. The first-order valence-corrected chi connectivity index (χ1v) is 6.58. The second-order valence-electron chi connectivity index (χ2n) is 4.81. The molecule has 0 aliphatic rings. The van der Waals surface area contributed by atoms with Crippen LogP contribution in [0.1, 0.15) is 21.5 Å². The third-order valence-corrected chi connectivity index (χ3v) is 3.22. The molecular weight excluding hydrogens is 293 g/mol. The average molecular weight is 308 g/mol. The Labute approximate surface area is 126 Å². The highest BCUT2D eigenvalue weighted by atomic mass is 19.4. The van der Waals surface area contributed by atoms with E-state index < -0.39 is 17.6 Å². The van der Waals surface area contributed by atoms with E-state index in [0.717, 1.165) is 23.4 Å². The minimum absolute atomic E-state index is 0.0404. The van der Waals surface area contributed by atoms with Gasteiger partial charge in [-0.05, 0) is 42.8 Å². The molecule has 0 bridgehead atoms. The molecule has 0 spiro atoms. The van der Waals surface area contributed by atoms with Crippen LogP contribution in [0.2, 0.25) is 0 Å². The van der Waals surface area contributed by atoms with Gasteiger partial charge in [-0.15, -0.1) is 0 Å². The van der Waals surface area contributed by atoms with Crippen LogP contribution in [0.3, 0.4) is 0 Å². The lowest BCUT2D eigenvalue weighted by atomic mass is 10.1. The van der Waals surface area contributed by atoms with Crippen molar-refractivity contribution in [3.05, 3.63) is 59.2 Å². The van der Waals surface area contributed by atoms with Crippen LogP contribution in [0.25, 0.3) is 0 Å². The lowest BCUT2D eigenvalue weighted by Crippen LogP contribution is -2.14. The van der Waals surface area contributed by atoms with Crippen molar-refractivity contribution < 1.29 is 18.0 Å². The monoisotopic (exact) mass is 308 g/mol. The molecule has 0 radical (unpaired) electrons. The Kier molecular flexibility index (Phi) is 4.40. The highest BCUT2D eigenvalue weighted by Gasteiger charge is 2.30. The maximum atomic E-state index is 12.7. The van der Waals surface area contributed by atoms with E-state index in [1.165, 1.54) is 12.1 Å². The minimum Gasteiger partial charge on any atom is -0.388 e. The second kappa shape index (κ2) is 6.09. The molecule has 2 aromatic rings. The predicted molar refractivity (Wildman–Crippen MR) is 80.1 cm³/mol. The lowest BCUT2D eigenvalue weighted by Gasteiger charge is -2.11. The van der Waals surface area contributed by atoms with E-state index in [1.54, 1.807) is 19.2 Å². The highest BCUT2D eigenvalue weighted by molar-refractivity contribution is 6.04. The van der Waals surface area contributed by atoms with Crippen LogP contribution in [0.5, 0.6) is 0 Å². The first kappa shape index (κ1) is 15.9. The Morgan fingerprint density at radius 2 is 1.82 bits per heavy atom. The molecule has 0 unspecified atom stereocenters. The van der Waals surface area contributed by atoms with Crippen molar-refractivity contribution in [3.63, 3.8) is 0 Å². The molecule has 22 heavy (non-hydrogen) atoms. The van der Waals surface area contributed by atoms with Gasteiger partial charge >= 0.3 is 6.18 Å². The first-order valence-electron chi connectivity index (χ1n) is 6.58. The van der Waals surface area contributed by atoms with E-state index in [-0.39, 0.29) is 5.56 Å². The Balaban J connectivity index is 2.23. The Bertz CT molecular complexity index is 696. The number of nitrogens with one attached hydrogen (secondary N) is 2. The molecule has 0 saturated carbocycles. The van der Waals surface area contributed by atoms with Crippen LogP contribution in [0.15, 0.2) is 42.5 Å². The van der Waals surface area contributed by atoms with Crippen molar-refractivity contribution in [2.45, 2.75) is 13.1 Å². The summed E-state index contributed by atoms with van der Waals surface area (Å²) in [6.45, 7) is 1.91. The maximum absolute atomic E-state index is 12.7. The van der Waals surface area contributed by atoms with Gasteiger partial charge in [0.1, 0.15) is 0 Å². The summed E-state index contributed by atoms with van der Waals surface area (Å²) in [6.07, 6.45) is -4.47. The minimum atomic E-state index is -4.47. The molecule has 3 nitrogen and oxygen atoms in total. The summed E-state index contributed by atoms with van der Waals surface area (Å²) in [7, 11) is 1.75. The standard InChI is InChI=1S/C16H15F3N2O/c1-10-6-7-13(9-14(10)20-2)21-15(22)11-4-3-5-12(8-11)16(17,18)19/h3-9,20H,1-2H3,(H,21,22). The van der Waals surface area contributed by atoms with E-state index in [9.17, 15) is 18.0 Å². The molecule has 2 aromatic carbocycles. The number of halogens is 3. The fourth-order valence-electron chi connectivity index (χ4n) is 2.01. The number of hydrogen-bond donors (Lipinski definition) is 2. The smallest absolute Gasteiger partial charge is 0.388 e. The maximum Gasteiger partial charge on any atom is 0.416 e. The molecule has 116 valence electrons. The van der Waals surface area contributed by atoms with Crippen LogP contribution in [-0.2, 0) is 6.18 Å². The number of carbonyl (C=O) groups excluding carboxylic acids is 1. The largest absolute Gasteiger partial charge is 0.416 e. The van der Waals surface area contributed by atoms with Gasteiger partial charge in [-0.25, -0.2) is 0 Å². The number of carbonyl (C=O) groups is 1. The third kappa shape index (κ3) is 3.58. The summed E-state index contributed by atoms with van der Waals surface area (Å²) >= 11 is 0. The normalized spacial score (nSPS) is 11.1. The van der Waals surface area contributed by atoms with Gasteiger partial charge in [0.15, 0.2) is 0 Å². The van der Waals surface area contributed by atoms with Crippen molar-refractivity contribution in [1.29, 1.82) is 0 Å². The summed E-state index contributed by atoms with van der Waals surface area (Å²) in [4.78, 5) is 12.1. The molecule has 6 heteroatoms. The van der Waals surface area contributed by atoms with Gasteiger partial charge < -0.3 is 10.6 Å². The fourth-order valence-corrected chi connectivity index (χ4v) is 2.01. The Morgan fingerprint density at radius 3 is 2.45 bits per heavy atom. The number of rotatable bonds is 3. The molecule has 0 saturated heterocycles. The van der Waals surface area contributed by atoms with E-state index in [0.29, 0.717) is 5.69 Å². The first-order chi connectivity index (χ1) is 10.3. The summed E-state index contributed by atoms with van der Waals surface area (Å²) in [6, 6.07) is 9.56. The van der Waals surface area contributed by atoms with E-state index in [2.05, 4.69) is 10.6 Å². The van der Waals surface area contributed by atoms with Gasteiger partial charge in [0.05, 0.1) is 5.56 Å². The van der Waals surface area contributed by atoms with Gasteiger partial charge in [-0.1, -0.05) is 12.1 Å². The molecule has 1 amide bonds. The molecule has 0 aliphatic carbocycles. The summed E-state index contributed by atoms with van der Waals surface area (Å²) < 4.78 is 38.0. The van der Waals surface area contributed by atoms with Crippen LogP contribution in [0, 0.1) is 6.92 Å². The van der Waals surface area contributed by atoms with Crippen molar-refractivity contribution >= 4 is 17.3 Å². The number of hydrogen-bond acceptors (Lipinski definition) is 2. The second-order valence-corrected chi connectivity index (χ2v) is 4.81. The third-order valence-electron chi connectivity index (χ3n) is 3.22. The Morgan fingerprint density at radius 1 is 1.09 bits per heavy atom. The van der Waals surface area contributed by atoms with Gasteiger partial charge in [0.25, 0.3) is 5.91 Å². The molecule has 0 atom stereocenters. The quantitative estimate of drug-likeness (QED) is 0.887. The van der Waals surface area contributed by atoms with Crippen LogP contribution < -0.4 is 10.6 Å². The zero-order valence-corrected chi connectivity index (χ0v) is 12.1. The molecule has 0 heterocycles. The zero-order valence-electron chi connectivity index (χ0n) is 12.1. The molecule has 2 N–H and O–H groups in total. The van der Waals surface area contributed by atoms with Crippen LogP contribution in [-0.4, -0.2) is 13.0 Å². The van der Waals surface area contributed by atoms with E-state index >= 15 is 0 Å². The molecular formula is C16H15F3N2O. The molecule has 2 rings (SSSR count). The molecule has 0 aromatic heterocycles. The predicted octanol–water partition coefficient (Wildman–Crippen LogP) is 4.31. The van der Waals surface area contributed by atoms with Crippen LogP contribution in [0.4, 0.5) is 24.5 Å². The number of aryl methyl sites for hydroxylation is 1. The molecule has 0 aliphatic heterocycles. The van der Waals surface area contributed by atoms with Gasteiger partial charge in [0.2, 0.25) is 0 Å². The van der Waals surface area contributed by atoms with Gasteiger partial charge in [-0.3, -0.25) is 4.79 Å². The zero-order chi connectivity index (χ0) is 16.3. The topological polar surface area (TPSA) is 41.1 Å². The summed E-state index contributed by atoms with van der Waals surface area (Å²) in [5, 5.41) is 5.57. The van der Waals surface area contributed by atoms with Crippen molar-refractivity contribution in [2.24, 2.45) is 0 Å².